The van der Waals surface area contributed by atoms with Crippen LogP contribution in [-0.2, 0) is 11.2 Å². The number of para-hydroxylation sites is 1. The van der Waals surface area contributed by atoms with Gasteiger partial charge in [0.2, 0.25) is 5.91 Å². The summed E-state index contributed by atoms with van der Waals surface area (Å²) in [4.78, 5) is 25.1. The molecule has 1 aliphatic carbocycles. The van der Waals surface area contributed by atoms with Crippen molar-refractivity contribution in [2.75, 3.05) is 5.32 Å². The SMILES string of the molecule is O=C(CCc1ccc(Cl)cc1Cl)Nc1ccccc1C(=O)NC1CCCCC1. The largest absolute Gasteiger partial charge is 0.349 e. The van der Waals surface area contributed by atoms with Gasteiger partial charge in [-0.1, -0.05) is 60.7 Å². The zero-order valence-corrected chi connectivity index (χ0v) is 17.2. The maximum Gasteiger partial charge on any atom is 0.253 e. The summed E-state index contributed by atoms with van der Waals surface area (Å²) in [5.74, 6) is -0.299. The van der Waals surface area contributed by atoms with Gasteiger partial charge in [-0.3, -0.25) is 9.59 Å². The maximum atomic E-state index is 12.7. The normalized spacial score (nSPS) is 14.5. The zero-order chi connectivity index (χ0) is 19.9. The summed E-state index contributed by atoms with van der Waals surface area (Å²) in [6.45, 7) is 0. The van der Waals surface area contributed by atoms with Gasteiger partial charge in [-0.05, 0) is 49.1 Å². The molecule has 1 fully saturated rings. The van der Waals surface area contributed by atoms with E-state index in [0.29, 0.717) is 27.7 Å². The Kier molecular flexibility index (Phi) is 7.35. The summed E-state index contributed by atoms with van der Waals surface area (Å²) < 4.78 is 0. The van der Waals surface area contributed by atoms with Crippen molar-refractivity contribution in [3.05, 3.63) is 63.6 Å². The van der Waals surface area contributed by atoms with Crippen LogP contribution in [-0.4, -0.2) is 17.9 Å². The summed E-state index contributed by atoms with van der Waals surface area (Å²) in [6.07, 6.45) is 6.33. The van der Waals surface area contributed by atoms with Crippen LogP contribution in [0.4, 0.5) is 5.69 Å². The molecule has 0 heterocycles. The van der Waals surface area contributed by atoms with E-state index in [2.05, 4.69) is 10.6 Å². The van der Waals surface area contributed by atoms with Crippen LogP contribution < -0.4 is 10.6 Å². The lowest BCUT2D eigenvalue weighted by atomic mass is 9.95. The molecule has 2 aromatic rings. The first-order valence-corrected chi connectivity index (χ1v) is 10.4. The first-order valence-electron chi connectivity index (χ1n) is 9.66. The Morgan fingerprint density at radius 3 is 2.50 bits per heavy atom. The third-order valence-corrected chi connectivity index (χ3v) is 5.61. The fourth-order valence-corrected chi connectivity index (χ4v) is 3.99. The number of rotatable bonds is 6. The third-order valence-electron chi connectivity index (χ3n) is 5.02. The molecule has 148 valence electrons. The van der Waals surface area contributed by atoms with Gasteiger partial charge in [0, 0.05) is 22.5 Å². The average Bonchev–Trinajstić information content (AvgIpc) is 2.68. The summed E-state index contributed by atoms with van der Waals surface area (Å²) in [6, 6.07) is 12.6. The van der Waals surface area contributed by atoms with Gasteiger partial charge in [0.05, 0.1) is 11.3 Å². The molecule has 0 aromatic heterocycles. The molecule has 0 radical (unpaired) electrons. The van der Waals surface area contributed by atoms with Crippen molar-refractivity contribution in [3.8, 4) is 0 Å². The lowest BCUT2D eigenvalue weighted by molar-refractivity contribution is -0.116. The Balaban J connectivity index is 1.60. The number of carbonyl (C=O) groups excluding carboxylic acids is 2. The number of aryl methyl sites for hydroxylation is 1. The van der Waals surface area contributed by atoms with E-state index in [-0.39, 0.29) is 24.3 Å². The Bertz CT molecular complexity index is 848. The molecule has 1 aliphatic rings. The number of halogens is 2. The van der Waals surface area contributed by atoms with E-state index < -0.39 is 0 Å². The van der Waals surface area contributed by atoms with E-state index in [0.717, 1.165) is 31.2 Å². The van der Waals surface area contributed by atoms with Gasteiger partial charge in [0.15, 0.2) is 0 Å². The molecule has 2 aromatic carbocycles. The maximum absolute atomic E-state index is 12.7. The van der Waals surface area contributed by atoms with E-state index in [9.17, 15) is 9.59 Å². The van der Waals surface area contributed by atoms with Crippen LogP contribution in [0.2, 0.25) is 10.0 Å². The summed E-state index contributed by atoms with van der Waals surface area (Å²) in [5, 5.41) is 7.07. The first-order chi connectivity index (χ1) is 13.5. The Morgan fingerprint density at radius 1 is 1.00 bits per heavy atom. The van der Waals surface area contributed by atoms with Crippen LogP contribution in [0.1, 0.15) is 54.4 Å². The third kappa shape index (κ3) is 5.73. The molecule has 4 nitrogen and oxygen atoms in total. The molecular formula is C22H24Cl2N2O2. The molecule has 28 heavy (non-hydrogen) atoms. The van der Waals surface area contributed by atoms with E-state index >= 15 is 0 Å². The first kappa shape index (κ1) is 20.7. The molecule has 3 rings (SSSR count). The van der Waals surface area contributed by atoms with Gasteiger partial charge in [0.25, 0.3) is 5.91 Å². The smallest absolute Gasteiger partial charge is 0.253 e. The molecule has 0 spiro atoms. The predicted octanol–water partition coefficient (Wildman–Crippen LogP) is 5.63. The number of benzene rings is 2. The van der Waals surface area contributed by atoms with Crippen LogP contribution >= 0.6 is 23.2 Å². The standard InChI is InChI=1S/C22H24Cl2N2O2/c23-16-12-10-15(19(24)14-16)11-13-21(27)26-20-9-5-4-8-18(20)22(28)25-17-6-2-1-3-7-17/h4-5,8-10,12,14,17H,1-3,6-7,11,13H2,(H,25,28)(H,26,27). The molecule has 0 atom stereocenters. The van der Waals surface area contributed by atoms with Crippen LogP contribution in [0.5, 0.6) is 0 Å². The Hall–Kier alpha value is -2.04. The van der Waals surface area contributed by atoms with Crippen LogP contribution in [0.25, 0.3) is 0 Å². The Labute approximate surface area is 175 Å². The number of hydrogen-bond acceptors (Lipinski definition) is 2. The fourth-order valence-electron chi connectivity index (χ4n) is 3.49. The summed E-state index contributed by atoms with van der Waals surface area (Å²) in [7, 11) is 0. The van der Waals surface area contributed by atoms with E-state index in [1.54, 1.807) is 30.3 Å². The number of nitrogens with one attached hydrogen (secondary N) is 2. The second-order valence-corrected chi connectivity index (χ2v) is 7.98. The minimum absolute atomic E-state index is 0.136. The molecule has 6 heteroatoms. The number of anilines is 1. The lowest BCUT2D eigenvalue weighted by Crippen LogP contribution is -2.36. The van der Waals surface area contributed by atoms with Crippen molar-refractivity contribution in [1.82, 2.24) is 5.32 Å². The average molecular weight is 419 g/mol. The van der Waals surface area contributed by atoms with Gasteiger partial charge >= 0.3 is 0 Å². The summed E-state index contributed by atoms with van der Waals surface area (Å²) in [5.41, 5.74) is 1.89. The monoisotopic (exact) mass is 418 g/mol. The van der Waals surface area contributed by atoms with Crippen molar-refractivity contribution in [3.63, 3.8) is 0 Å². The highest BCUT2D eigenvalue weighted by Gasteiger charge is 2.19. The van der Waals surface area contributed by atoms with Crippen molar-refractivity contribution in [2.24, 2.45) is 0 Å². The van der Waals surface area contributed by atoms with E-state index in [1.807, 2.05) is 12.1 Å². The fraction of sp³-hybridized carbons (Fsp3) is 0.364. The minimum Gasteiger partial charge on any atom is -0.349 e. The van der Waals surface area contributed by atoms with E-state index in [1.165, 1.54) is 6.42 Å². The highest BCUT2D eigenvalue weighted by atomic mass is 35.5. The van der Waals surface area contributed by atoms with Crippen molar-refractivity contribution in [1.29, 1.82) is 0 Å². The quantitative estimate of drug-likeness (QED) is 0.638. The molecule has 0 aliphatic heterocycles. The van der Waals surface area contributed by atoms with Gasteiger partial charge in [0.1, 0.15) is 0 Å². The molecule has 0 unspecified atom stereocenters. The molecule has 0 bridgehead atoms. The molecule has 1 saturated carbocycles. The highest BCUT2D eigenvalue weighted by molar-refractivity contribution is 6.35. The number of carbonyl (C=O) groups is 2. The number of hydrogen-bond donors (Lipinski definition) is 2. The van der Waals surface area contributed by atoms with Crippen molar-refractivity contribution >= 4 is 40.7 Å². The number of amides is 2. The Morgan fingerprint density at radius 2 is 1.75 bits per heavy atom. The van der Waals surface area contributed by atoms with Gasteiger partial charge in [-0.25, -0.2) is 0 Å². The minimum atomic E-state index is -0.163. The molecule has 2 N–H and O–H groups in total. The lowest BCUT2D eigenvalue weighted by Gasteiger charge is -2.23. The molecule has 2 amide bonds. The predicted molar refractivity (Wildman–Crippen MR) is 114 cm³/mol. The summed E-state index contributed by atoms with van der Waals surface area (Å²) >= 11 is 12.1. The van der Waals surface area contributed by atoms with Gasteiger partial charge < -0.3 is 10.6 Å². The molecule has 0 saturated heterocycles. The van der Waals surface area contributed by atoms with Crippen LogP contribution in [0, 0.1) is 0 Å². The second kappa shape index (κ2) is 9.94. The van der Waals surface area contributed by atoms with Crippen LogP contribution in [0.3, 0.4) is 0 Å². The van der Waals surface area contributed by atoms with Crippen molar-refractivity contribution in [2.45, 2.75) is 51.0 Å². The van der Waals surface area contributed by atoms with E-state index in [4.69, 9.17) is 23.2 Å². The molecular weight excluding hydrogens is 395 g/mol. The van der Waals surface area contributed by atoms with Crippen molar-refractivity contribution < 1.29 is 9.59 Å². The van der Waals surface area contributed by atoms with Gasteiger partial charge in [-0.15, -0.1) is 0 Å². The second-order valence-electron chi connectivity index (χ2n) is 7.14. The highest BCUT2D eigenvalue weighted by Crippen LogP contribution is 2.23. The topological polar surface area (TPSA) is 58.2 Å². The van der Waals surface area contributed by atoms with Gasteiger partial charge in [-0.2, -0.15) is 0 Å². The zero-order valence-electron chi connectivity index (χ0n) is 15.6. The van der Waals surface area contributed by atoms with Crippen LogP contribution in [0.15, 0.2) is 42.5 Å².